The van der Waals surface area contributed by atoms with Gasteiger partial charge in [-0.3, -0.25) is 0 Å². The van der Waals surface area contributed by atoms with Gasteiger partial charge in [-0.05, 0) is 30.2 Å². The maximum Gasteiger partial charge on any atom is 0.416 e. The smallest absolute Gasteiger partial charge is 0.391 e. The molecule has 0 bridgehead atoms. The summed E-state index contributed by atoms with van der Waals surface area (Å²) in [4.78, 5) is 0. The van der Waals surface area contributed by atoms with Crippen molar-refractivity contribution in [3.63, 3.8) is 0 Å². The van der Waals surface area contributed by atoms with Crippen LogP contribution in [0.5, 0.6) is 0 Å². The quantitative estimate of drug-likeness (QED) is 0.851. The first-order valence-electron chi connectivity index (χ1n) is 6.07. The number of unbranched alkanes of at least 4 members (excludes halogenated alkanes) is 1. The summed E-state index contributed by atoms with van der Waals surface area (Å²) in [6, 6.07) is 2.45. The molecule has 0 aromatic heterocycles. The van der Waals surface area contributed by atoms with Crippen LogP contribution >= 0.6 is 15.9 Å². The Labute approximate surface area is 118 Å². The molecule has 1 aromatic carbocycles. The fourth-order valence-corrected chi connectivity index (χ4v) is 2.29. The van der Waals surface area contributed by atoms with Gasteiger partial charge in [0.25, 0.3) is 0 Å². The zero-order valence-corrected chi connectivity index (χ0v) is 12.1. The predicted molar refractivity (Wildman–Crippen MR) is 71.6 cm³/mol. The van der Waals surface area contributed by atoms with Gasteiger partial charge in [0, 0.05) is 4.47 Å². The largest absolute Gasteiger partial charge is 0.416 e. The fourth-order valence-electron chi connectivity index (χ4n) is 1.78. The Morgan fingerprint density at radius 2 is 2.00 bits per heavy atom. The van der Waals surface area contributed by atoms with Gasteiger partial charge in [0.15, 0.2) is 0 Å². The van der Waals surface area contributed by atoms with Crippen molar-refractivity contribution in [3.05, 3.63) is 33.8 Å². The van der Waals surface area contributed by atoms with Crippen molar-refractivity contribution in [2.45, 2.75) is 44.5 Å². The van der Waals surface area contributed by atoms with Gasteiger partial charge < -0.3 is 10.8 Å². The lowest BCUT2D eigenvalue weighted by atomic mass is 9.97. The van der Waals surface area contributed by atoms with Crippen molar-refractivity contribution in [2.75, 3.05) is 0 Å². The third-order valence-corrected chi connectivity index (χ3v) is 3.67. The summed E-state index contributed by atoms with van der Waals surface area (Å²) in [7, 11) is 0. The van der Waals surface area contributed by atoms with Crippen LogP contribution in [0.15, 0.2) is 22.7 Å². The van der Waals surface area contributed by atoms with Gasteiger partial charge in [-0.1, -0.05) is 35.7 Å². The predicted octanol–water partition coefficient (Wildman–Crippen LogP) is 4.02. The second-order valence-electron chi connectivity index (χ2n) is 4.47. The Kier molecular flexibility index (Phi) is 5.82. The third kappa shape index (κ3) is 4.47. The van der Waals surface area contributed by atoms with Crippen LogP contribution in [-0.2, 0) is 6.18 Å². The molecule has 19 heavy (non-hydrogen) atoms. The molecule has 0 aliphatic heterocycles. The molecule has 2 atom stereocenters. The molecule has 108 valence electrons. The molecule has 0 fully saturated rings. The van der Waals surface area contributed by atoms with Crippen molar-refractivity contribution in [2.24, 2.45) is 5.73 Å². The molecule has 0 spiro atoms. The lowest BCUT2D eigenvalue weighted by molar-refractivity contribution is -0.137. The van der Waals surface area contributed by atoms with Crippen LogP contribution in [0.4, 0.5) is 13.2 Å². The first kappa shape index (κ1) is 16.5. The summed E-state index contributed by atoms with van der Waals surface area (Å²) in [5, 5.41) is 9.89. The number of benzene rings is 1. The standard InChI is InChI=1S/C13H17BrF3NO/c1-2-3-4-11(19)12(18)9-7-8(13(15,16)17)5-6-10(9)14/h5-7,11-12,19H,2-4,18H2,1H3/t11-,12+/m0/s1. The minimum atomic E-state index is -4.41. The Morgan fingerprint density at radius 3 is 2.53 bits per heavy atom. The third-order valence-electron chi connectivity index (χ3n) is 2.95. The number of hydrogen-bond acceptors (Lipinski definition) is 2. The highest BCUT2D eigenvalue weighted by molar-refractivity contribution is 9.10. The van der Waals surface area contributed by atoms with E-state index in [2.05, 4.69) is 15.9 Å². The summed E-state index contributed by atoms with van der Waals surface area (Å²) in [5.41, 5.74) is 5.36. The topological polar surface area (TPSA) is 46.2 Å². The van der Waals surface area contributed by atoms with Gasteiger partial charge >= 0.3 is 6.18 Å². The number of aliphatic hydroxyl groups excluding tert-OH is 1. The number of aliphatic hydroxyl groups is 1. The molecule has 0 amide bonds. The van der Waals surface area contributed by atoms with Crippen LogP contribution in [0.1, 0.15) is 43.4 Å². The fraction of sp³-hybridized carbons (Fsp3) is 0.538. The van der Waals surface area contributed by atoms with E-state index < -0.39 is 23.9 Å². The normalized spacial score (nSPS) is 15.3. The molecule has 1 rings (SSSR count). The number of nitrogens with two attached hydrogens (primary N) is 1. The summed E-state index contributed by atoms with van der Waals surface area (Å²) in [5.74, 6) is 0. The molecule has 0 saturated carbocycles. The Bertz CT molecular complexity index is 423. The molecule has 0 heterocycles. The van der Waals surface area contributed by atoms with Crippen LogP contribution in [0.25, 0.3) is 0 Å². The second kappa shape index (κ2) is 6.72. The van der Waals surface area contributed by atoms with Gasteiger partial charge in [0.2, 0.25) is 0 Å². The lowest BCUT2D eigenvalue weighted by Crippen LogP contribution is -2.27. The Hall–Kier alpha value is -0.590. The Balaban J connectivity index is 2.98. The molecule has 0 aliphatic carbocycles. The van der Waals surface area contributed by atoms with E-state index >= 15 is 0 Å². The van der Waals surface area contributed by atoms with Crippen molar-refractivity contribution < 1.29 is 18.3 Å². The first-order chi connectivity index (χ1) is 8.77. The number of rotatable bonds is 5. The molecule has 0 aliphatic rings. The van der Waals surface area contributed by atoms with E-state index in [1.165, 1.54) is 6.07 Å². The van der Waals surface area contributed by atoms with Gasteiger partial charge in [-0.15, -0.1) is 0 Å². The summed E-state index contributed by atoms with van der Waals surface area (Å²) >= 11 is 3.18. The highest BCUT2D eigenvalue weighted by atomic mass is 79.9. The Morgan fingerprint density at radius 1 is 1.37 bits per heavy atom. The minimum absolute atomic E-state index is 0.276. The molecular formula is C13H17BrF3NO. The number of halogens is 4. The molecular weight excluding hydrogens is 323 g/mol. The van der Waals surface area contributed by atoms with Crippen LogP contribution in [0.3, 0.4) is 0 Å². The van der Waals surface area contributed by atoms with Crippen LogP contribution in [-0.4, -0.2) is 11.2 Å². The van der Waals surface area contributed by atoms with Crippen LogP contribution in [0.2, 0.25) is 0 Å². The number of hydrogen-bond donors (Lipinski definition) is 2. The SMILES string of the molecule is CCCC[C@H](O)[C@H](N)c1cc(C(F)(F)F)ccc1Br. The first-order valence-corrected chi connectivity index (χ1v) is 6.87. The van der Waals surface area contributed by atoms with E-state index in [0.29, 0.717) is 10.9 Å². The zero-order valence-electron chi connectivity index (χ0n) is 10.5. The molecule has 0 unspecified atom stereocenters. The highest BCUT2D eigenvalue weighted by Crippen LogP contribution is 2.34. The van der Waals surface area contributed by atoms with Crippen LogP contribution in [0, 0.1) is 0 Å². The monoisotopic (exact) mass is 339 g/mol. The highest BCUT2D eigenvalue weighted by Gasteiger charge is 2.32. The summed E-state index contributed by atoms with van der Waals surface area (Å²) < 4.78 is 38.4. The lowest BCUT2D eigenvalue weighted by Gasteiger charge is -2.21. The van der Waals surface area contributed by atoms with E-state index in [-0.39, 0.29) is 5.56 Å². The van der Waals surface area contributed by atoms with Gasteiger partial charge in [-0.2, -0.15) is 13.2 Å². The molecule has 3 N–H and O–H groups in total. The molecule has 0 radical (unpaired) electrons. The van der Waals surface area contributed by atoms with E-state index in [4.69, 9.17) is 5.73 Å². The van der Waals surface area contributed by atoms with Crippen LogP contribution < -0.4 is 5.73 Å². The molecule has 1 aromatic rings. The molecule has 2 nitrogen and oxygen atoms in total. The summed E-state index contributed by atoms with van der Waals surface area (Å²) in [6.07, 6.45) is -3.11. The van der Waals surface area contributed by atoms with Crippen molar-refractivity contribution in [1.29, 1.82) is 0 Å². The van der Waals surface area contributed by atoms with Crippen molar-refractivity contribution in [3.8, 4) is 0 Å². The maximum absolute atomic E-state index is 12.6. The van der Waals surface area contributed by atoms with Gasteiger partial charge in [0.05, 0.1) is 17.7 Å². The maximum atomic E-state index is 12.6. The van der Waals surface area contributed by atoms with Crippen molar-refractivity contribution >= 4 is 15.9 Å². The van der Waals surface area contributed by atoms with Gasteiger partial charge in [-0.25, -0.2) is 0 Å². The molecule has 6 heteroatoms. The average molecular weight is 340 g/mol. The minimum Gasteiger partial charge on any atom is -0.391 e. The van der Waals surface area contributed by atoms with Crippen molar-refractivity contribution in [1.82, 2.24) is 0 Å². The average Bonchev–Trinajstić information content (AvgIpc) is 2.34. The zero-order chi connectivity index (χ0) is 14.6. The second-order valence-corrected chi connectivity index (χ2v) is 5.32. The van der Waals surface area contributed by atoms with E-state index in [1.807, 2.05) is 6.92 Å². The number of alkyl halides is 3. The molecule has 0 saturated heterocycles. The van der Waals surface area contributed by atoms with Gasteiger partial charge in [0.1, 0.15) is 0 Å². The van der Waals surface area contributed by atoms with E-state index in [1.54, 1.807) is 0 Å². The van der Waals surface area contributed by atoms with E-state index in [0.717, 1.165) is 25.0 Å². The summed E-state index contributed by atoms with van der Waals surface area (Å²) in [6.45, 7) is 1.97. The van der Waals surface area contributed by atoms with E-state index in [9.17, 15) is 18.3 Å².